The monoisotopic (exact) mass is 331 g/mol. The van der Waals surface area contributed by atoms with Crippen LogP contribution in [0, 0.1) is 0 Å². The van der Waals surface area contributed by atoms with E-state index in [2.05, 4.69) is 15.0 Å². The van der Waals surface area contributed by atoms with E-state index in [0.717, 1.165) is 0 Å². The molecule has 0 aliphatic rings. The number of anilines is 1. The summed E-state index contributed by atoms with van der Waals surface area (Å²) in [6.45, 7) is 2.62. The Kier molecular flexibility index (Phi) is 4.97. The Morgan fingerprint density at radius 1 is 1.55 bits per heavy atom. The summed E-state index contributed by atoms with van der Waals surface area (Å²) in [4.78, 5) is 21.9. The number of ether oxygens (including phenoxy) is 1. The van der Waals surface area contributed by atoms with E-state index in [1.807, 2.05) is 0 Å². The van der Waals surface area contributed by atoms with Gasteiger partial charge in [-0.25, -0.2) is 4.98 Å². The maximum atomic E-state index is 11.6. The third-order valence-electron chi connectivity index (χ3n) is 2.72. The van der Waals surface area contributed by atoms with E-state index in [0.29, 0.717) is 0 Å². The summed E-state index contributed by atoms with van der Waals surface area (Å²) in [7, 11) is -2.65. The first kappa shape index (κ1) is 16.6. The molecule has 1 atom stereocenters. The van der Waals surface area contributed by atoms with E-state index in [1.54, 1.807) is 0 Å². The summed E-state index contributed by atoms with van der Waals surface area (Å²) in [5.41, 5.74) is 5.46. The second-order valence-electron chi connectivity index (χ2n) is 4.99. The molecule has 2 aromatic rings. The summed E-state index contributed by atoms with van der Waals surface area (Å²) < 4.78 is 23.5. The van der Waals surface area contributed by atoms with E-state index >= 15 is 0 Å². The van der Waals surface area contributed by atoms with Crippen LogP contribution in [0.15, 0.2) is 11.1 Å². The zero-order valence-corrected chi connectivity index (χ0v) is 13.1. The van der Waals surface area contributed by atoms with Gasteiger partial charge in [0.25, 0.3) is 5.56 Å². The molecule has 0 aliphatic heterocycles. The highest BCUT2D eigenvalue weighted by atomic mass is 31.2. The average Bonchev–Trinajstić information content (AvgIpc) is 2.81. The van der Waals surface area contributed by atoms with Crippen molar-refractivity contribution in [3.05, 3.63) is 16.7 Å². The molecule has 0 fully saturated rings. The molecular formula is C11H18N5O5P. The molecule has 22 heavy (non-hydrogen) atoms. The molecule has 10 nitrogen and oxygen atoms in total. The smallest absolute Gasteiger partial charge is 0.280 e. The predicted molar refractivity (Wildman–Crippen MR) is 79.9 cm³/mol. The molecule has 0 bridgehead atoms. The molecule has 0 aromatic carbocycles. The lowest BCUT2D eigenvalue weighted by molar-refractivity contribution is -0.0431. The molecule has 0 saturated heterocycles. The van der Waals surface area contributed by atoms with Crippen molar-refractivity contribution in [1.29, 1.82) is 0 Å². The summed E-state index contributed by atoms with van der Waals surface area (Å²) in [5.74, 6) is -0.0285. The van der Waals surface area contributed by atoms with Crippen LogP contribution in [0.2, 0.25) is 0 Å². The molecule has 4 N–H and O–H groups in total. The minimum absolute atomic E-state index is 0.0104. The highest BCUT2D eigenvalue weighted by Gasteiger charge is 2.15. The normalized spacial score (nSPS) is 13.6. The molecule has 11 heteroatoms. The maximum absolute atomic E-state index is 11.6. The van der Waals surface area contributed by atoms with Gasteiger partial charge in [-0.2, -0.15) is 4.98 Å². The third-order valence-corrected chi connectivity index (χ3v) is 3.49. The van der Waals surface area contributed by atoms with Crippen molar-refractivity contribution < 1.29 is 18.9 Å². The lowest BCUT2D eigenvalue weighted by atomic mass is 10.4. The number of hydrogen-bond donors (Lipinski definition) is 3. The Balaban J connectivity index is 2.07. The second kappa shape index (κ2) is 6.57. The highest BCUT2D eigenvalue weighted by Crippen LogP contribution is 2.37. The number of aromatic nitrogens is 4. The quantitative estimate of drug-likeness (QED) is 0.581. The van der Waals surface area contributed by atoms with Crippen molar-refractivity contribution in [1.82, 2.24) is 19.5 Å². The van der Waals surface area contributed by atoms with Crippen LogP contribution in [0.4, 0.5) is 5.95 Å². The Labute approximate surface area is 125 Å². The molecule has 0 saturated carbocycles. The number of nitrogens with one attached hydrogen (secondary N) is 1. The number of nitrogens with zero attached hydrogens (tertiary/aromatic N) is 3. The minimum Gasteiger partial charge on any atom is -0.394 e. The van der Waals surface area contributed by atoms with Crippen LogP contribution < -0.4 is 11.3 Å². The van der Waals surface area contributed by atoms with E-state index < -0.39 is 19.0 Å². The molecule has 0 aliphatic carbocycles. The standard InChI is InChI=1S/C11H18N5O5P/c1-22(2,19)21-4-7(3-17)20-6-16-5-13-8-9(16)14-11(12)15-10(8)18/h5,7,17H,3-4,6H2,1-2H3,(H3,12,14,15,18). The van der Waals surface area contributed by atoms with Gasteiger partial charge in [-0.05, 0) is 0 Å². The van der Waals surface area contributed by atoms with Gasteiger partial charge in [-0.3, -0.25) is 18.9 Å². The van der Waals surface area contributed by atoms with Crippen molar-refractivity contribution in [3.8, 4) is 0 Å². The van der Waals surface area contributed by atoms with E-state index in [1.165, 1.54) is 24.2 Å². The predicted octanol–water partition coefficient (Wildman–Crippen LogP) is -0.409. The lowest BCUT2D eigenvalue weighted by Gasteiger charge is -2.17. The van der Waals surface area contributed by atoms with Crippen molar-refractivity contribution in [3.63, 3.8) is 0 Å². The summed E-state index contributed by atoms with van der Waals surface area (Å²) in [5, 5.41) is 9.24. The number of nitrogens with two attached hydrogens (primary N) is 1. The van der Waals surface area contributed by atoms with Gasteiger partial charge in [0, 0.05) is 13.3 Å². The van der Waals surface area contributed by atoms with Gasteiger partial charge in [0.2, 0.25) is 5.95 Å². The van der Waals surface area contributed by atoms with Crippen molar-refractivity contribution in [2.24, 2.45) is 0 Å². The lowest BCUT2D eigenvalue weighted by Crippen LogP contribution is -2.24. The van der Waals surface area contributed by atoms with Gasteiger partial charge in [0.05, 0.1) is 19.5 Å². The molecule has 0 spiro atoms. The van der Waals surface area contributed by atoms with Gasteiger partial charge in [-0.1, -0.05) is 0 Å². The van der Waals surface area contributed by atoms with Gasteiger partial charge in [0.15, 0.2) is 18.5 Å². The molecule has 2 rings (SSSR count). The Bertz CT molecular complexity index is 751. The first-order chi connectivity index (χ1) is 10.3. The van der Waals surface area contributed by atoms with Crippen LogP contribution >= 0.6 is 7.37 Å². The summed E-state index contributed by atoms with van der Waals surface area (Å²) in [6.07, 6.45) is 0.719. The zero-order chi connectivity index (χ0) is 16.3. The molecule has 0 radical (unpaired) electrons. The van der Waals surface area contributed by atoms with E-state index in [-0.39, 0.29) is 37.1 Å². The number of imidazole rings is 1. The molecule has 2 heterocycles. The highest BCUT2D eigenvalue weighted by molar-refractivity contribution is 7.57. The van der Waals surface area contributed by atoms with Gasteiger partial charge < -0.3 is 20.1 Å². The molecule has 122 valence electrons. The fraction of sp³-hybridized carbons (Fsp3) is 0.545. The van der Waals surface area contributed by atoms with Crippen LogP contribution in [0.3, 0.4) is 0 Å². The van der Waals surface area contributed by atoms with Crippen LogP contribution in [-0.4, -0.2) is 57.3 Å². The first-order valence-corrected chi connectivity index (χ1v) is 8.94. The Hall–Kier alpha value is -1.74. The third kappa shape index (κ3) is 4.14. The fourth-order valence-corrected chi connectivity index (χ4v) is 2.19. The maximum Gasteiger partial charge on any atom is 0.280 e. The molecule has 1 unspecified atom stereocenters. The van der Waals surface area contributed by atoms with Crippen LogP contribution in [0.1, 0.15) is 0 Å². The van der Waals surface area contributed by atoms with E-state index in [4.69, 9.17) is 15.0 Å². The Morgan fingerprint density at radius 3 is 2.91 bits per heavy atom. The molecule has 0 amide bonds. The minimum atomic E-state index is -2.65. The molecule has 2 aromatic heterocycles. The number of nitrogen functional groups attached to an aromatic ring is 1. The van der Waals surface area contributed by atoms with Crippen LogP contribution in [0.25, 0.3) is 11.2 Å². The number of aliphatic hydroxyl groups is 1. The van der Waals surface area contributed by atoms with Crippen molar-refractivity contribution in [2.45, 2.75) is 12.8 Å². The average molecular weight is 331 g/mol. The second-order valence-corrected chi connectivity index (χ2v) is 7.75. The largest absolute Gasteiger partial charge is 0.394 e. The fourth-order valence-electron chi connectivity index (χ4n) is 1.67. The zero-order valence-electron chi connectivity index (χ0n) is 12.2. The van der Waals surface area contributed by atoms with Crippen LogP contribution in [0.5, 0.6) is 0 Å². The van der Waals surface area contributed by atoms with Gasteiger partial charge >= 0.3 is 0 Å². The number of hydrogen-bond acceptors (Lipinski definition) is 8. The topological polar surface area (TPSA) is 145 Å². The Morgan fingerprint density at radius 2 is 2.27 bits per heavy atom. The van der Waals surface area contributed by atoms with Gasteiger partial charge in [-0.15, -0.1) is 0 Å². The summed E-state index contributed by atoms with van der Waals surface area (Å²) in [6, 6.07) is 0. The number of H-pyrrole nitrogens is 1. The number of fused-ring (bicyclic) bond motifs is 1. The van der Waals surface area contributed by atoms with Gasteiger partial charge in [0.1, 0.15) is 12.8 Å². The number of aromatic amines is 1. The van der Waals surface area contributed by atoms with E-state index in [9.17, 15) is 14.5 Å². The number of rotatable bonds is 7. The number of aliphatic hydroxyl groups excluding tert-OH is 1. The first-order valence-electron chi connectivity index (χ1n) is 6.43. The van der Waals surface area contributed by atoms with Crippen molar-refractivity contribution in [2.75, 3.05) is 32.3 Å². The summed E-state index contributed by atoms with van der Waals surface area (Å²) >= 11 is 0. The SMILES string of the molecule is CP(C)(=O)OCC(CO)OCn1cnc2c(=O)[nH]c(N)nc21. The molecular weight excluding hydrogens is 313 g/mol. The van der Waals surface area contributed by atoms with Crippen molar-refractivity contribution >= 4 is 24.5 Å². The van der Waals surface area contributed by atoms with Crippen LogP contribution in [-0.2, 0) is 20.6 Å².